The Kier molecular flexibility index (Phi) is 6.84. The Morgan fingerprint density at radius 2 is 1.84 bits per heavy atom. The van der Waals surface area contributed by atoms with E-state index in [0.29, 0.717) is 30.9 Å². The van der Waals surface area contributed by atoms with E-state index in [1.54, 1.807) is 35.2 Å². The van der Waals surface area contributed by atoms with Crippen LogP contribution < -0.4 is 14.8 Å². The van der Waals surface area contributed by atoms with E-state index in [4.69, 9.17) is 4.74 Å². The van der Waals surface area contributed by atoms with Crippen molar-refractivity contribution >= 4 is 27.5 Å². The van der Waals surface area contributed by atoms with Gasteiger partial charge in [0.15, 0.2) is 0 Å². The number of ether oxygens (including phenoxy) is 1. The van der Waals surface area contributed by atoms with Crippen molar-refractivity contribution in [3.63, 3.8) is 0 Å². The number of anilines is 1. The van der Waals surface area contributed by atoms with Gasteiger partial charge in [-0.1, -0.05) is 19.9 Å². The molecule has 1 heterocycles. The molecule has 1 atom stereocenters. The molecule has 1 unspecified atom stereocenters. The summed E-state index contributed by atoms with van der Waals surface area (Å²) in [6.45, 7) is 4.75. The molecule has 31 heavy (non-hydrogen) atoms. The normalized spacial score (nSPS) is 16.3. The zero-order valence-electron chi connectivity index (χ0n) is 17.8. The minimum atomic E-state index is -3.87. The van der Waals surface area contributed by atoms with Crippen molar-refractivity contribution < 1.29 is 22.7 Å². The summed E-state index contributed by atoms with van der Waals surface area (Å²) in [6.07, 6.45) is 0.668. The lowest BCUT2D eigenvalue weighted by atomic mass is 10.2. The summed E-state index contributed by atoms with van der Waals surface area (Å²) in [5.74, 6) is 0.219. The molecule has 0 aromatic heterocycles. The van der Waals surface area contributed by atoms with Crippen molar-refractivity contribution in [2.24, 2.45) is 5.92 Å². The van der Waals surface area contributed by atoms with E-state index >= 15 is 0 Å². The van der Waals surface area contributed by atoms with Gasteiger partial charge in [0.2, 0.25) is 5.91 Å². The van der Waals surface area contributed by atoms with E-state index < -0.39 is 10.0 Å². The average Bonchev–Trinajstić information content (AvgIpc) is 3.21. The largest absolute Gasteiger partial charge is 0.497 e. The third kappa shape index (κ3) is 5.55. The van der Waals surface area contributed by atoms with Crippen molar-refractivity contribution in [1.82, 2.24) is 10.2 Å². The third-order valence-electron chi connectivity index (χ3n) is 5.08. The number of sulfonamides is 1. The summed E-state index contributed by atoms with van der Waals surface area (Å²) < 4.78 is 33.0. The molecule has 0 spiro atoms. The Morgan fingerprint density at radius 1 is 1.13 bits per heavy atom. The van der Waals surface area contributed by atoms with Crippen LogP contribution in [0.5, 0.6) is 5.75 Å². The van der Waals surface area contributed by atoms with Gasteiger partial charge in [0.05, 0.1) is 12.0 Å². The number of likely N-dealkylation sites (tertiary alicyclic amines) is 1. The highest BCUT2D eigenvalue weighted by Gasteiger charge is 2.28. The topological polar surface area (TPSA) is 105 Å². The molecule has 2 amide bonds. The van der Waals surface area contributed by atoms with Crippen LogP contribution in [0, 0.1) is 5.92 Å². The van der Waals surface area contributed by atoms with Gasteiger partial charge in [-0.05, 0) is 48.9 Å². The average molecular weight is 446 g/mol. The van der Waals surface area contributed by atoms with Crippen LogP contribution in [0.25, 0.3) is 0 Å². The number of amides is 2. The monoisotopic (exact) mass is 445 g/mol. The predicted octanol–water partition coefficient (Wildman–Crippen LogP) is 2.48. The Labute approximate surface area is 182 Å². The van der Waals surface area contributed by atoms with Crippen LogP contribution in [0.3, 0.4) is 0 Å². The first-order chi connectivity index (χ1) is 14.7. The number of nitrogens with one attached hydrogen (secondary N) is 2. The SMILES string of the molecule is COc1ccc(NS(=O)(=O)c2cccc(C(=O)NC3CCN(C(=O)C(C)C)C3)c2)cc1. The highest BCUT2D eigenvalue weighted by Crippen LogP contribution is 2.20. The molecule has 8 nitrogen and oxygen atoms in total. The maximum atomic E-state index is 12.7. The molecule has 0 saturated carbocycles. The second-order valence-electron chi connectivity index (χ2n) is 7.76. The van der Waals surface area contributed by atoms with Crippen molar-refractivity contribution in [3.8, 4) is 5.75 Å². The van der Waals surface area contributed by atoms with Gasteiger partial charge >= 0.3 is 0 Å². The molecular formula is C22H27N3O5S. The van der Waals surface area contributed by atoms with Gasteiger partial charge in [-0.3, -0.25) is 14.3 Å². The first-order valence-corrected chi connectivity index (χ1v) is 11.5. The van der Waals surface area contributed by atoms with E-state index in [0.717, 1.165) is 0 Å². The quantitative estimate of drug-likeness (QED) is 0.681. The highest BCUT2D eigenvalue weighted by molar-refractivity contribution is 7.92. The first kappa shape index (κ1) is 22.6. The molecule has 1 aliphatic heterocycles. The van der Waals surface area contributed by atoms with E-state index in [9.17, 15) is 18.0 Å². The highest BCUT2D eigenvalue weighted by atomic mass is 32.2. The van der Waals surface area contributed by atoms with E-state index in [-0.39, 0.29) is 34.2 Å². The lowest BCUT2D eigenvalue weighted by Crippen LogP contribution is -2.39. The van der Waals surface area contributed by atoms with E-state index in [2.05, 4.69) is 10.0 Å². The number of nitrogens with zero attached hydrogens (tertiary/aromatic N) is 1. The molecule has 1 fully saturated rings. The van der Waals surface area contributed by atoms with Gasteiger partial charge < -0.3 is 15.0 Å². The van der Waals surface area contributed by atoms with Crippen molar-refractivity contribution in [2.45, 2.75) is 31.2 Å². The fraction of sp³-hybridized carbons (Fsp3) is 0.364. The molecule has 0 bridgehead atoms. The summed E-state index contributed by atoms with van der Waals surface area (Å²) in [6, 6.07) is 12.2. The lowest BCUT2D eigenvalue weighted by molar-refractivity contribution is -0.133. The maximum absolute atomic E-state index is 12.7. The summed E-state index contributed by atoms with van der Waals surface area (Å²) in [5, 5.41) is 2.90. The van der Waals surface area contributed by atoms with Crippen LogP contribution in [-0.4, -0.2) is 51.4 Å². The zero-order valence-corrected chi connectivity index (χ0v) is 18.6. The van der Waals surface area contributed by atoms with Gasteiger partial charge in [-0.15, -0.1) is 0 Å². The van der Waals surface area contributed by atoms with Crippen LogP contribution in [0.2, 0.25) is 0 Å². The van der Waals surface area contributed by atoms with Crippen molar-refractivity contribution in [3.05, 3.63) is 54.1 Å². The smallest absolute Gasteiger partial charge is 0.261 e. The molecule has 166 valence electrons. The summed E-state index contributed by atoms with van der Waals surface area (Å²) in [7, 11) is -2.34. The molecule has 0 aliphatic carbocycles. The van der Waals surface area contributed by atoms with Gasteiger partial charge in [0, 0.05) is 36.3 Å². The molecule has 9 heteroatoms. The summed E-state index contributed by atoms with van der Waals surface area (Å²) in [4.78, 5) is 26.5. The fourth-order valence-electron chi connectivity index (χ4n) is 3.39. The maximum Gasteiger partial charge on any atom is 0.261 e. The molecular weight excluding hydrogens is 418 g/mol. The molecule has 1 aliphatic rings. The number of rotatable bonds is 7. The molecule has 1 saturated heterocycles. The molecule has 2 aromatic carbocycles. The van der Waals surface area contributed by atoms with Crippen molar-refractivity contribution in [2.75, 3.05) is 24.9 Å². The Morgan fingerprint density at radius 3 is 2.48 bits per heavy atom. The first-order valence-electron chi connectivity index (χ1n) is 10.1. The number of hydrogen-bond acceptors (Lipinski definition) is 5. The van der Waals surface area contributed by atoms with Gasteiger partial charge in [0.25, 0.3) is 15.9 Å². The van der Waals surface area contributed by atoms with Crippen LogP contribution in [0.1, 0.15) is 30.6 Å². The van der Waals surface area contributed by atoms with Crippen LogP contribution in [0.15, 0.2) is 53.4 Å². The number of hydrogen-bond donors (Lipinski definition) is 2. The van der Waals surface area contributed by atoms with Crippen LogP contribution in [-0.2, 0) is 14.8 Å². The van der Waals surface area contributed by atoms with Gasteiger partial charge in [-0.2, -0.15) is 0 Å². The molecule has 2 aromatic rings. The fourth-order valence-corrected chi connectivity index (χ4v) is 4.49. The minimum absolute atomic E-state index is 0.0148. The number of carbonyl (C=O) groups excluding carboxylic acids is 2. The second-order valence-corrected chi connectivity index (χ2v) is 9.44. The van der Waals surface area contributed by atoms with Crippen LogP contribution >= 0.6 is 0 Å². The van der Waals surface area contributed by atoms with Gasteiger partial charge in [-0.25, -0.2) is 8.42 Å². The summed E-state index contributed by atoms with van der Waals surface area (Å²) >= 11 is 0. The molecule has 3 rings (SSSR count). The van der Waals surface area contributed by atoms with Crippen molar-refractivity contribution in [1.29, 1.82) is 0 Å². The van der Waals surface area contributed by atoms with Gasteiger partial charge in [0.1, 0.15) is 5.75 Å². The summed E-state index contributed by atoms with van der Waals surface area (Å²) in [5.41, 5.74) is 0.628. The third-order valence-corrected chi connectivity index (χ3v) is 6.46. The Hall–Kier alpha value is -3.07. The Bertz CT molecular complexity index is 1050. The zero-order chi connectivity index (χ0) is 22.6. The van der Waals surface area contributed by atoms with Crippen LogP contribution in [0.4, 0.5) is 5.69 Å². The van der Waals surface area contributed by atoms with E-state index in [1.807, 2.05) is 13.8 Å². The minimum Gasteiger partial charge on any atom is -0.497 e. The predicted molar refractivity (Wildman–Crippen MR) is 118 cm³/mol. The molecule has 0 radical (unpaired) electrons. The second kappa shape index (κ2) is 9.38. The Balaban J connectivity index is 1.67. The lowest BCUT2D eigenvalue weighted by Gasteiger charge is -2.19. The molecule has 2 N–H and O–H groups in total. The number of carbonyl (C=O) groups is 2. The number of benzene rings is 2. The number of methoxy groups -OCH3 is 1. The van der Waals surface area contributed by atoms with E-state index in [1.165, 1.54) is 25.3 Å². The standard InChI is InChI=1S/C22H27N3O5S/c1-15(2)22(27)25-12-11-18(14-25)23-21(26)16-5-4-6-20(13-16)31(28,29)24-17-7-9-19(30-3)10-8-17/h4-10,13,15,18,24H,11-12,14H2,1-3H3,(H,23,26).